The highest BCUT2D eigenvalue weighted by Crippen LogP contribution is 2.36. The molecule has 2 nitrogen and oxygen atoms in total. The third-order valence-electron chi connectivity index (χ3n) is 4.36. The van der Waals surface area contributed by atoms with Crippen molar-refractivity contribution in [3.05, 3.63) is 35.1 Å². The summed E-state index contributed by atoms with van der Waals surface area (Å²) >= 11 is 0. The minimum Gasteiger partial charge on any atom is -0.393 e. The van der Waals surface area contributed by atoms with Crippen LogP contribution in [0, 0.1) is 17.7 Å². The zero-order chi connectivity index (χ0) is 13.3. The van der Waals surface area contributed by atoms with E-state index in [1.165, 1.54) is 6.07 Å². The number of halogens is 1. The molecule has 1 aromatic rings. The van der Waals surface area contributed by atoms with Gasteiger partial charge in [0.1, 0.15) is 5.82 Å². The van der Waals surface area contributed by atoms with Crippen LogP contribution < -0.4 is 0 Å². The van der Waals surface area contributed by atoms with Crippen molar-refractivity contribution in [2.24, 2.45) is 11.8 Å². The van der Waals surface area contributed by atoms with Gasteiger partial charge in [0, 0.05) is 0 Å². The van der Waals surface area contributed by atoms with E-state index in [1.54, 1.807) is 12.1 Å². The summed E-state index contributed by atoms with van der Waals surface area (Å²) in [6.45, 7) is 3.64. The molecule has 0 aromatic heterocycles. The standard InChI is InChI=1S/C15H21FO2/c1-10(2)15(18,9-17)13-5-3-12-8-14(16)6-4-11(12)7-13/h4,6,8,10,13,17-18H,3,5,7,9H2,1-2H3/t13-,15+/m1/s1. The van der Waals surface area contributed by atoms with E-state index < -0.39 is 5.60 Å². The van der Waals surface area contributed by atoms with Crippen LogP contribution in [0.15, 0.2) is 18.2 Å². The van der Waals surface area contributed by atoms with Crippen LogP contribution >= 0.6 is 0 Å². The molecule has 0 heterocycles. The Kier molecular flexibility index (Phi) is 3.74. The molecule has 1 aliphatic carbocycles. The summed E-state index contributed by atoms with van der Waals surface area (Å²) in [4.78, 5) is 0. The summed E-state index contributed by atoms with van der Waals surface area (Å²) < 4.78 is 13.1. The molecule has 2 N–H and O–H groups in total. The number of rotatable bonds is 3. The van der Waals surface area contributed by atoms with Crippen LogP contribution in [0.2, 0.25) is 0 Å². The van der Waals surface area contributed by atoms with Crippen molar-refractivity contribution in [1.29, 1.82) is 0 Å². The first-order chi connectivity index (χ1) is 8.47. The lowest BCUT2D eigenvalue weighted by atomic mass is 9.70. The second-order valence-electron chi connectivity index (χ2n) is 5.66. The Labute approximate surface area is 107 Å². The zero-order valence-corrected chi connectivity index (χ0v) is 11.0. The average molecular weight is 252 g/mol. The van der Waals surface area contributed by atoms with Crippen LogP contribution in [0.1, 0.15) is 31.4 Å². The van der Waals surface area contributed by atoms with Gasteiger partial charge in [0.25, 0.3) is 0 Å². The third-order valence-corrected chi connectivity index (χ3v) is 4.36. The first-order valence-electron chi connectivity index (χ1n) is 6.58. The van der Waals surface area contributed by atoms with Gasteiger partial charge in [-0.25, -0.2) is 4.39 Å². The van der Waals surface area contributed by atoms with Crippen LogP contribution in [0.3, 0.4) is 0 Å². The highest BCUT2D eigenvalue weighted by Gasteiger charge is 2.40. The maximum atomic E-state index is 13.1. The van der Waals surface area contributed by atoms with Crippen LogP contribution in [-0.2, 0) is 12.8 Å². The van der Waals surface area contributed by atoms with Crippen molar-refractivity contribution in [1.82, 2.24) is 0 Å². The fourth-order valence-electron chi connectivity index (χ4n) is 2.93. The van der Waals surface area contributed by atoms with Gasteiger partial charge in [-0.15, -0.1) is 0 Å². The summed E-state index contributed by atoms with van der Waals surface area (Å²) in [6.07, 6.45) is 2.28. The fourth-order valence-corrected chi connectivity index (χ4v) is 2.93. The van der Waals surface area contributed by atoms with E-state index in [2.05, 4.69) is 0 Å². The second-order valence-corrected chi connectivity index (χ2v) is 5.66. The van der Waals surface area contributed by atoms with Crippen LogP contribution in [0.25, 0.3) is 0 Å². The lowest BCUT2D eigenvalue weighted by Crippen LogP contribution is -2.48. The number of aryl methyl sites for hydroxylation is 1. The molecule has 2 atom stereocenters. The Hall–Kier alpha value is -0.930. The molecule has 1 aliphatic rings. The van der Waals surface area contributed by atoms with Gasteiger partial charge in [-0.1, -0.05) is 19.9 Å². The minimum atomic E-state index is -1.04. The van der Waals surface area contributed by atoms with E-state index in [4.69, 9.17) is 0 Å². The normalized spacial score (nSPS) is 22.7. The van der Waals surface area contributed by atoms with Crippen molar-refractivity contribution in [3.8, 4) is 0 Å². The number of aliphatic hydroxyl groups is 2. The molecule has 0 unspecified atom stereocenters. The molecular weight excluding hydrogens is 231 g/mol. The predicted octanol–water partition coefficient (Wildman–Crippen LogP) is 2.31. The van der Waals surface area contributed by atoms with E-state index in [-0.39, 0.29) is 24.3 Å². The van der Waals surface area contributed by atoms with Gasteiger partial charge in [-0.05, 0) is 54.4 Å². The van der Waals surface area contributed by atoms with Gasteiger partial charge in [0.05, 0.1) is 12.2 Å². The molecule has 2 rings (SSSR count). The maximum absolute atomic E-state index is 13.1. The first-order valence-corrected chi connectivity index (χ1v) is 6.58. The molecule has 0 bridgehead atoms. The Morgan fingerprint density at radius 3 is 2.72 bits per heavy atom. The summed E-state index contributed by atoms with van der Waals surface area (Å²) in [5, 5.41) is 20.1. The molecule has 0 spiro atoms. The van der Waals surface area contributed by atoms with Gasteiger partial charge in [0.2, 0.25) is 0 Å². The Morgan fingerprint density at radius 1 is 1.39 bits per heavy atom. The number of hydrogen-bond donors (Lipinski definition) is 2. The lowest BCUT2D eigenvalue weighted by Gasteiger charge is -2.40. The molecule has 100 valence electrons. The molecule has 18 heavy (non-hydrogen) atoms. The van der Waals surface area contributed by atoms with Crippen molar-refractivity contribution in [2.75, 3.05) is 6.61 Å². The largest absolute Gasteiger partial charge is 0.393 e. The highest BCUT2D eigenvalue weighted by molar-refractivity contribution is 5.31. The van der Waals surface area contributed by atoms with Crippen molar-refractivity contribution in [2.45, 2.75) is 38.7 Å². The molecule has 0 saturated heterocycles. The van der Waals surface area contributed by atoms with Crippen LogP contribution in [0.5, 0.6) is 0 Å². The monoisotopic (exact) mass is 252 g/mol. The first kappa shape index (κ1) is 13.5. The van der Waals surface area contributed by atoms with Crippen LogP contribution in [0.4, 0.5) is 4.39 Å². The third kappa shape index (κ3) is 2.29. The van der Waals surface area contributed by atoms with Crippen LogP contribution in [-0.4, -0.2) is 22.4 Å². The summed E-state index contributed by atoms with van der Waals surface area (Å²) in [5.41, 5.74) is 1.10. The molecule has 1 aromatic carbocycles. The number of hydrogen-bond acceptors (Lipinski definition) is 2. The van der Waals surface area contributed by atoms with Crippen molar-refractivity contribution in [3.63, 3.8) is 0 Å². The quantitative estimate of drug-likeness (QED) is 0.866. The topological polar surface area (TPSA) is 40.5 Å². The summed E-state index contributed by atoms with van der Waals surface area (Å²) in [5.74, 6) is -0.150. The molecule has 0 radical (unpaired) electrons. The average Bonchev–Trinajstić information content (AvgIpc) is 2.36. The van der Waals surface area contributed by atoms with Gasteiger partial charge < -0.3 is 10.2 Å². The number of benzene rings is 1. The smallest absolute Gasteiger partial charge is 0.123 e. The Morgan fingerprint density at radius 2 is 2.11 bits per heavy atom. The zero-order valence-electron chi connectivity index (χ0n) is 11.0. The highest BCUT2D eigenvalue weighted by atomic mass is 19.1. The number of fused-ring (bicyclic) bond motifs is 1. The molecule has 0 amide bonds. The van der Waals surface area contributed by atoms with Gasteiger partial charge in [-0.2, -0.15) is 0 Å². The van der Waals surface area contributed by atoms with Gasteiger partial charge in [-0.3, -0.25) is 0 Å². The minimum absolute atomic E-state index is 0.00879. The lowest BCUT2D eigenvalue weighted by molar-refractivity contribution is -0.0993. The van der Waals surface area contributed by atoms with E-state index in [9.17, 15) is 14.6 Å². The van der Waals surface area contributed by atoms with Gasteiger partial charge >= 0.3 is 0 Å². The molecule has 0 aliphatic heterocycles. The molecule has 3 heteroatoms. The number of aliphatic hydroxyl groups excluding tert-OH is 1. The molecule has 0 fully saturated rings. The fraction of sp³-hybridized carbons (Fsp3) is 0.600. The molecule has 0 saturated carbocycles. The Bertz CT molecular complexity index is 431. The Balaban J connectivity index is 2.24. The predicted molar refractivity (Wildman–Crippen MR) is 68.8 cm³/mol. The summed E-state index contributed by atoms with van der Waals surface area (Å²) in [6, 6.07) is 4.85. The van der Waals surface area contributed by atoms with E-state index in [1.807, 2.05) is 13.8 Å². The maximum Gasteiger partial charge on any atom is 0.123 e. The van der Waals surface area contributed by atoms with Crippen molar-refractivity contribution < 1.29 is 14.6 Å². The van der Waals surface area contributed by atoms with Crippen molar-refractivity contribution >= 4 is 0 Å². The van der Waals surface area contributed by atoms with E-state index in [0.29, 0.717) is 6.42 Å². The van der Waals surface area contributed by atoms with E-state index in [0.717, 1.165) is 24.0 Å². The molecular formula is C15H21FO2. The van der Waals surface area contributed by atoms with E-state index >= 15 is 0 Å². The summed E-state index contributed by atoms with van der Waals surface area (Å²) in [7, 11) is 0. The van der Waals surface area contributed by atoms with Gasteiger partial charge in [0.15, 0.2) is 0 Å². The second kappa shape index (κ2) is 4.98. The SMILES string of the molecule is CC(C)[C@@](O)(CO)[C@@H]1CCc2cc(F)ccc2C1.